The molecule has 0 unspecified atom stereocenters. The Morgan fingerprint density at radius 2 is 2.32 bits per heavy atom. The van der Waals surface area contributed by atoms with E-state index in [1.54, 1.807) is 16.9 Å². The third-order valence-corrected chi connectivity index (χ3v) is 2.45. The molecule has 2 rings (SSSR count). The number of rotatable bonds is 5. The van der Waals surface area contributed by atoms with E-state index in [0.717, 1.165) is 0 Å². The molecule has 0 atom stereocenters. The van der Waals surface area contributed by atoms with Gasteiger partial charge in [0.05, 0.1) is 0 Å². The number of carbonyl (C=O) groups excluding carboxylic acids is 1. The molecule has 0 aliphatic heterocycles. The van der Waals surface area contributed by atoms with Gasteiger partial charge < -0.3 is 10.5 Å². The molecule has 0 saturated heterocycles. The first-order valence-electron chi connectivity index (χ1n) is 5.89. The van der Waals surface area contributed by atoms with Crippen LogP contribution in [0.1, 0.15) is 25.7 Å². The summed E-state index contributed by atoms with van der Waals surface area (Å²) in [5.74, 6) is 0.581. The minimum absolute atomic E-state index is 0.0208. The van der Waals surface area contributed by atoms with E-state index in [1.165, 1.54) is 11.0 Å². The third-order valence-electron chi connectivity index (χ3n) is 2.45. The molecule has 2 aromatic heterocycles. The van der Waals surface area contributed by atoms with Crippen molar-refractivity contribution in [1.29, 1.82) is 0 Å². The van der Waals surface area contributed by atoms with Gasteiger partial charge >= 0.3 is 5.97 Å². The van der Waals surface area contributed by atoms with Crippen molar-refractivity contribution in [3.8, 4) is 0 Å². The summed E-state index contributed by atoms with van der Waals surface area (Å²) in [4.78, 5) is 15.7. The Kier molecular flexibility index (Phi) is 3.79. The van der Waals surface area contributed by atoms with Crippen LogP contribution in [0.4, 0.5) is 5.82 Å². The summed E-state index contributed by atoms with van der Waals surface area (Å²) >= 11 is 0. The molecular formula is C11H16N6O2. The minimum Gasteiger partial charge on any atom is -0.456 e. The van der Waals surface area contributed by atoms with Gasteiger partial charge in [0.15, 0.2) is 12.4 Å². The Labute approximate surface area is 110 Å². The van der Waals surface area contributed by atoms with Gasteiger partial charge in [0.1, 0.15) is 18.7 Å². The SMILES string of the molecule is CC(C)n1ncnc1COC(=O)Cn1ccc(N)n1. The predicted molar refractivity (Wildman–Crippen MR) is 66.8 cm³/mol. The summed E-state index contributed by atoms with van der Waals surface area (Å²) in [6.07, 6.45) is 3.06. The van der Waals surface area contributed by atoms with Gasteiger partial charge in [-0.3, -0.25) is 9.48 Å². The second-order valence-corrected chi connectivity index (χ2v) is 4.31. The number of nitrogen functional groups attached to an aromatic ring is 1. The van der Waals surface area contributed by atoms with Gasteiger partial charge in [0.25, 0.3) is 0 Å². The van der Waals surface area contributed by atoms with E-state index in [4.69, 9.17) is 10.5 Å². The minimum atomic E-state index is -0.401. The molecule has 2 heterocycles. The number of aromatic nitrogens is 5. The lowest BCUT2D eigenvalue weighted by atomic mass is 10.4. The van der Waals surface area contributed by atoms with Gasteiger partial charge in [-0.2, -0.15) is 10.2 Å². The van der Waals surface area contributed by atoms with Gasteiger partial charge in [0.2, 0.25) is 0 Å². The van der Waals surface area contributed by atoms with Crippen LogP contribution in [0, 0.1) is 0 Å². The van der Waals surface area contributed by atoms with Gasteiger partial charge in [-0.15, -0.1) is 0 Å². The van der Waals surface area contributed by atoms with Gasteiger partial charge in [-0.05, 0) is 19.9 Å². The van der Waals surface area contributed by atoms with Crippen LogP contribution in [-0.2, 0) is 22.7 Å². The summed E-state index contributed by atoms with van der Waals surface area (Å²) in [6, 6.07) is 1.78. The molecular weight excluding hydrogens is 248 g/mol. The van der Waals surface area contributed by atoms with Crippen molar-refractivity contribution in [3.63, 3.8) is 0 Å². The largest absolute Gasteiger partial charge is 0.456 e. The molecule has 102 valence electrons. The normalized spacial score (nSPS) is 10.9. The van der Waals surface area contributed by atoms with Crippen LogP contribution >= 0.6 is 0 Å². The Morgan fingerprint density at radius 1 is 1.53 bits per heavy atom. The fourth-order valence-corrected chi connectivity index (χ4v) is 1.60. The van der Waals surface area contributed by atoms with E-state index in [9.17, 15) is 4.79 Å². The summed E-state index contributed by atoms with van der Waals surface area (Å²) in [6.45, 7) is 4.07. The van der Waals surface area contributed by atoms with Crippen LogP contribution in [0.5, 0.6) is 0 Å². The molecule has 8 nitrogen and oxygen atoms in total. The smallest absolute Gasteiger partial charge is 0.328 e. The Morgan fingerprint density at radius 3 is 2.95 bits per heavy atom. The second-order valence-electron chi connectivity index (χ2n) is 4.31. The summed E-state index contributed by atoms with van der Waals surface area (Å²) in [5.41, 5.74) is 5.45. The van der Waals surface area contributed by atoms with E-state index < -0.39 is 5.97 Å². The van der Waals surface area contributed by atoms with E-state index in [0.29, 0.717) is 11.6 Å². The third kappa shape index (κ3) is 3.30. The summed E-state index contributed by atoms with van der Waals surface area (Å²) < 4.78 is 8.26. The Balaban J connectivity index is 1.88. The molecule has 0 aliphatic rings. The van der Waals surface area contributed by atoms with Crippen molar-refractivity contribution >= 4 is 11.8 Å². The van der Waals surface area contributed by atoms with E-state index in [1.807, 2.05) is 13.8 Å². The fraction of sp³-hybridized carbons (Fsp3) is 0.455. The van der Waals surface area contributed by atoms with Crippen LogP contribution in [0.2, 0.25) is 0 Å². The molecule has 0 aromatic carbocycles. The molecule has 0 bridgehead atoms. The van der Waals surface area contributed by atoms with E-state index in [2.05, 4.69) is 15.2 Å². The van der Waals surface area contributed by atoms with Crippen molar-refractivity contribution in [2.75, 3.05) is 5.73 Å². The zero-order chi connectivity index (χ0) is 13.8. The highest BCUT2D eigenvalue weighted by Gasteiger charge is 2.11. The number of carbonyl (C=O) groups is 1. The zero-order valence-electron chi connectivity index (χ0n) is 10.9. The number of hydrogen-bond acceptors (Lipinski definition) is 6. The number of esters is 1. The standard InChI is InChI=1S/C11H16N6O2/c1-8(2)17-10(13-7-14-17)6-19-11(18)5-16-4-3-9(12)15-16/h3-4,7-8H,5-6H2,1-2H3,(H2,12,15). The number of nitrogens with two attached hydrogens (primary N) is 1. The van der Waals surface area contributed by atoms with Crippen LogP contribution in [-0.4, -0.2) is 30.5 Å². The van der Waals surface area contributed by atoms with Crippen molar-refractivity contribution in [1.82, 2.24) is 24.5 Å². The highest BCUT2D eigenvalue weighted by atomic mass is 16.5. The highest BCUT2D eigenvalue weighted by Crippen LogP contribution is 2.06. The summed E-state index contributed by atoms with van der Waals surface area (Å²) in [5, 5.41) is 7.96. The van der Waals surface area contributed by atoms with Gasteiger partial charge in [0, 0.05) is 12.2 Å². The molecule has 0 aliphatic carbocycles. The molecule has 2 aromatic rings. The first-order valence-corrected chi connectivity index (χ1v) is 5.89. The molecule has 0 spiro atoms. The van der Waals surface area contributed by atoms with Gasteiger partial charge in [-0.1, -0.05) is 0 Å². The average molecular weight is 264 g/mol. The number of hydrogen-bond donors (Lipinski definition) is 1. The number of ether oxygens (including phenoxy) is 1. The number of anilines is 1. The van der Waals surface area contributed by atoms with Crippen LogP contribution in [0.3, 0.4) is 0 Å². The molecule has 0 amide bonds. The molecule has 0 fully saturated rings. The first-order chi connectivity index (χ1) is 9.06. The summed E-state index contributed by atoms with van der Waals surface area (Å²) in [7, 11) is 0. The fourth-order valence-electron chi connectivity index (χ4n) is 1.60. The van der Waals surface area contributed by atoms with E-state index in [-0.39, 0.29) is 19.2 Å². The molecule has 2 N–H and O–H groups in total. The van der Waals surface area contributed by atoms with Crippen molar-refractivity contribution < 1.29 is 9.53 Å². The molecule has 0 radical (unpaired) electrons. The maximum absolute atomic E-state index is 11.6. The zero-order valence-corrected chi connectivity index (χ0v) is 10.9. The monoisotopic (exact) mass is 264 g/mol. The lowest BCUT2D eigenvalue weighted by Crippen LogP contribution is -2.16. The number of nitrogens with zero attached hydrogens (tertiary/aromatic N) is 5. The van der Waals surface area contributed by atoms with Crippen LogP contribution in [0.15, 0.2) is 18.6 Å². The first kappa shape index (κ1) is 13.1. The quantitative estimate of drug-likeness (QED) is 0.783. The van der Waals surface area contributed by atoms with Crippen molar-refractivity contribution in [3.05, 3.63) is 24.4 Å². The second kappa shape index (κ2) is 5.51. The average Bonchev–Trinajstić information content (AvgIpc) is 2.95. The predicted octanol–water partition coefficient (Wildman–Crippen LogP) is 0.381. The molecule has 19 heavy (non-hydrogen) atoms. The van der Waals surface area contributed by atoms with Crippen LogP contribution in [0.25, 0.3) is 0 Å². The van der Waals surface area contributed by atoms with Crippen molar-refractivity contribution in [2.45, 2.75) is 33.0 Å². The van der Waals surface area contributed by atoms with E-state index >= 15 is 0 Å². The molecule has 0 saturated carbocycles. The lowest BCUT2D eigenvalue weighted by Gasteiger charge is -2.09. The Bertz CT molecular complexity index is 559. The Hall–Kier alpha value is -2.38. The van der Waals surface area contributed by atoms with Crippen LogP contribution < -0.4 is 5.73 Å². The maximum atomic E-state index is 11.6. The molecule has 8 heteroatoms. The lowest BCUT2D eigenvalue weighted by molar-refractivity contribution is -0.146. The highest BCUT2D eigenvalue weighted by molar-refractivity contribution is 5.69. The van der Waals surface area contributed by atoms with Gasteiger partial charge in [-0.25, -0.2) is 9.67 Å². The van der Waals surface area contributed by atoms with Crippen molar-refractivity contribution in [2.24, 2.45) is 0 Å². The topological polar surface area (TPSA) is 101 Å². The maximum Gasteiger partial charge on any atom is 0.328 e.